The molecule has 2 fully saturated rings. The number of nitrogens with zero attached hydrogens (tertiary/aromatic N) is 2. The van der Waals surface area contributed by atoms with Crippen molar-refractivity contribution in [1.82, 2.24) is 15.1 Å². The molecule has 0 aliphatic carbocycles. The molecule has 39 heavy (non-hydrogen) atoms. The van der Waals surface area contributed by atoms with Crippen LogP contribution >= 0.6 is 11.6 Å². The molecule has 1 N–H and O–H groups in total. The minimum atomic E-state index is -0.614. The molecule has 2 saturated heterocycles. The average Bonchev–Trinajstić information content (AvgIpc) is 3.34. The van der Waals surface area contributed by atoms with Crippen LogP contribution < -0.4 is 5.32 Å². The Labute approximate surface area is 235 Å². The molecule has 0 radical (unpaired) electrons. The molecule has 2 aliphatic rings. The number of piperidine rings is 1. The van der Waals surface area contributed by atoms with Crippen LogP contribution in [0.25, 0.3) is 0 Å². The highest BCUT2D eigenvalue weighted by Gasteiger charge is 2.44. The van der Waals surface area contributed by atoms with Crippen LogP contribution in [0.4, 0.5) is 8.78 Å². The van der Waals surface area contributed by atoms with Gasteiger partial charge in [-0.25, -0.2) is 8.78 Å². The Bertz CT molecular complexity index is 1210. The first kappa shape index (κ1) is 29.5. The molecule has 2 aromatic carbocycles. The van der Waals surface area contributed by atoms with E-state index in [9.17, 15) is 18.4 Å². The highest BCUT2D eigenvalue weighted by atomic mass is 35.5. The largest absolute Gasteiger partial charge is 0.350 e. The molecular formula is C31H40ClF2N3O2. The summed E-state index contributed by atoms with van der Waals surface area (Å²) in [7, 11) is 0. The zero-order chi connectivity index (χ0) is 28.5. The van der Waals surface area contributed by atoms with Crippen LogP contribution in [-0.2, 0) is 9.59 Å². The van der Waals surface area contributed by atoms with Crippen LogP contribution in [0.2, 0.25) is 5.02 Å². The molecule has 1 unspecified atom stereocenters. The number of benzene rings is 2. The van der Waals surface area contributed by atoms with Gasteiger partial charge in [-0.3, -0.25) is 14.5 Å². The third kappa shape index (κ3) is 6.63. The summed E-state index contributed by atoms with van der Waals surface area (Å²) in [6.45, 7) is 12.4. The number of amides is 2. The predicted molar refractivity (Wildman–Crippen MR) is 151 cm³/mol. The van der Waals surface area contributed by atoms with E-state index in [1.54, 1.807) is 0 Å². The van der Waals surface area contributed by atoms with E-state index in [1.807, 2.05) is 36.9 Å². The Hall–Kier alpha value is -2.51. The molecule has 8 heteroatoms. The van der Waals surface area contributed by atoms with Gasteiger partial charge in [0.2, 0.25) is 11.8 Å². The highest BCUT2D eigenvalue weighted by Crippen LogP contribution is 2.40. The number of carbonyl (C=O) groups is 2. The van der Waals surface area contributed by atoms with Crippen LogP contribution in [0, 0.1) is 17.6 Å². The molecule has 2 aromatic rings. The highest BCUT2D eigenvalue weighted by molar-refractivity contribution is 6.30. The zero-order valence-corrected chi connectivity index (χ0v) is 24.3. The summed E-state index contributed by atoms with van der Waals surface area (Å²) in [5.74, 6) is -1.67. The van der Waals surface area contributed by atoms with E-state index in [2.05, 4.69) is 31.0 Å². The summed E-state index contributed by atoms with van der Waals surface area (Å²) in [4.78, 5) is 30.1. The van der Waals surface area contributed by atoms with E-state index >= 15 is 0 Å². The number of hydrogen-bond acceptors (Lipinski definition) is 3. The van der Waals surface area contributed by atoms with Crippen LogP contribution in [0.5, 0.6) is 0 Å². The molecule has 2 aliphatic heterocycles. The van der Waals surface area contributed by atoms with Crippen molar-refractivity contribution in [2.75, 3.05) is 26.2 Å². The van der Waals surface area contributed by atoms with E-state index in [0.717, 1.165) is 30.0 Å². The standard InChI is InChI=1S/C31H40ClF2N3O2/c1-6-29(38)35-19(2)25-15-21(32)7-9-23(25)20-11-13-36(14-12-20)30(39)27-18-37(31(3,4)5)17-26(27)24-10-8-22(33)16-28(24)34/h7-10,15-16,19-20,26-27H,6,11-14,17-18H2,1-5H3,(H,35,38)/t19?,26-,27+/m0/s1. The van der Waals surface area contributed by atoms with Gasteiger partial charge in [0.1, 0.15) is 11.6 Å². The lowest BCUT2D eigenvalue weighted by Crippen LogP contribution is -2.44. The van der Waals surface area contributed by atoms with Gasteiger partial charge in [0, 0.05) is 55.1 Å². The fourth-order valence-corrected chi connectivity index (χ4v) is 6.26. The lowest BCUT2D eigenvalue weighted by molar-refractivity contribution is -0.136. The van der Waals surface area contributed by atoms with Crippen molar-refractivity contribution in [2.24, 2.45) is 5.92 Å². The number of likely N-dealkylation sites (tertiary alicyclic amines) is 2. The maximum absolute atomic E-state index is 14.9. The van der Waals surface area contributed by atoms with Crippen LogP contribution in [-0.4, -0.2) is 53.3 Å². The summed E-state index contributed by atoms with van der Waals surface area (Å²) in [6.07, 6.45) is 2.00. The maximum Gasteiger partial charge on any atom is 0.227 e. The third-order valence-corrected chi connectivity index (χ3v) is 8.64. The van der Waals surface area contributed by atoms with Gasteiger partial charge in [-0.1, -0.05) is 30.7 Å². The summed E-state index contributed by atoms with van der Waals surface area (Å²) in [5, 5.41) is 3.67. The monoisotopic (exact) mass is 559 g/mol. The SMILES string of the molecule is CCC(=O)NC(C)c1cc(Cl)ccc1C1CCN(C(=O)[C@@H]2CN(C(C)(C)C)C[C@H]2c2ccc(F)cc2F)CC1. The number of hydrogen-bond donors (Lipinski definition) is 1. The van der Waals surface area contributed by atoms with Gasteiger partial charge >= 0.3 is 0 Å². The molecule has 212 valence electrons. The molecule has 2 amide bonds. The lowest BCUT2D eigenvalue weighted by Gasteiger charge is -2.36. The van der Waals surface area contributed by atoms with Gasteiger partial charge in [0.25, 0.3) is 0 Å². The number of nitrogens with one attached hydrogen (secondary N) is 1. The second-order valence-corrected chi connectivity index (χ2v) is 12.4. The Balaban J connectivity index is 1.51. The molecule has 0 aromatic heterocycles. The quantitative estimate of drug-likeness (QED) is 0.444. The predicted octanol–water partition coefficient (Wildman–Crippen LogP) is 6.43. The van der Waals surface area contributed by atoms with Gasteiger partial charge in [-0.15, -0.1) is 0 Å². The van der Waals surface area contributed by atoms with Gasteiger partial charge in [0.05, 0.1) is 12.0 Å². The number of rotatable bonds is 6. The van der Waals surface area contributed by atoms with Crippen molar-refractivity contribution in [3.8, 4) is 0 Å². The van der Waals surface area contributed by atoms with Crippen molar-refractivity contribution in [3.63, 3.8) is 0 Å². The van der Waals surface area contributed by atoms with E-state index in [0.29, 0.717) is 43.2 Å². The molecule has 0 spiro atoms. The third-order valence-electron chi connectivity index (χ3n) is 8.41. The maximum atomic E-state index is 14.9. The van der Waals surface area contributed by atoms with E-state index < -0.39 is 17.6 Å². The molecule has 5 nitrogen and oxygen atoms in total. The van der Waals surface area contributed by atoms with Crippen LogP contribution in [0.3, 0.4) is 0 Å². The molecular weight excluding hydrogens is 520 g/mol. The summed E-state index contributed by atoms with van der Waals surface area (Å²) >= 11 is 6.32. The van der Waals surface area contributed by atoms with Crippen molar-refractivity contribution < 1.29 is 18.4 Å². The van der Waals surface area contributed by atoms with Crippen molar-refractivity contribution in [3.05, 3.63) is 69.7 Å². The Morgan fingerprint density at radius 3 is 2.33 bits per heavy atom. The molecule has 0 bridgehead atoms. The Morgan fingerprint density at radius 2 is 1.72 bits per heavy atom. The smallest absolute Gasteiger partial charge is 0.227 e. The van der Waals surface area contributed by atoms with E-state index in [1.165, 1.54) is 12.1 Å². The first-order chi connectivity index (χ1) is 18.4. The second kappa shape index (κ2) is 11.9. The summed E-state index contributed by atoms with van der Waals surface area (Å²) in [5.41, 5.74) is 2.40. The normalized spacial score (nSPS) is 21.7. The first-order valence-corrected chi connectivity index (χ1v) is 14.3. The summed E-state index contributed by atoms with van der Waals surface area (Å²) < 4.78 is 28.5. The molecule has 2 heterocycles. The topological polar surface area (TPSA) is 52.7 Å². The fourth-order valence-electron chi connectivity index (χ4n) is 6.08. The van der Waals surface area contributed by atoms with Gasteiger partial charge < -0.3 is 10.2 Å². The zero-order valence-electron chi connectivity index (χ0n) is 23.6. The Morgan fingerprint density at radius 1 is 1.05 bits per heavy atom. The van der Waals surface area contributed by atoms with Gasteiger partial charge in [-0.2, -0.15) is 0 Å². The van der Waals surface area contributed by atoms with Gasteiger partial charge in [0.15, 0.2) is 0 Å². The number of halogens is 3. The fraction of sp³-hybridized carbons (Fsp3) is 0.548. The van der Waals surface area contributed by atoms with Crippen LogP contribution in [0.15, 0.2) is 36.4 Å². The van der Waals surface area contributed by atoms with E-state index in [-0.39, 0.29) is 35.2 Å². The van der Waals surface area contributed by atoms with Crippen molar-refractivity contribution in [2.45, 2.75) is 77.3 Å². The summed E-state index contributed by atoms with van der Waals surface area (Å²) in [6, 6.07) is 9.37. The second-order valence-electron chi connectivity index (χ2n) is 12.0. The number of carbonyl (C=O) groups excluding carboxylic acids is 2. The van der Waals surface area contributed by atoms with Crippen LogP contribution in [0.1, 0.15) is 88.4 Å². The van der Waals surface area contributed by atoms with Crippen molar-refractivity contribution in [1.29, 1.82) is 0 Å². The average molecular weight is 560 g/mol. The molecule has 3 atom stereocenters. The minimum absolute atomic E-state index is 0.0122. The first-order valence-electron chi connectivity index (χ1n) is 14.0. The molecule has 0 saturated carbocycles. The van der Waals surface area contributed by atoms with Gasteiger partial charge in [-0.05, 0) is 81.3 Å². The van der Waals surface area contributed by atoms with E-state index in [4.69, 9.17) is 11.6 Å². The molecule has 4 rings (SSSR count). The van der Waals surface area contributed by atoms with Crippen molar-refractivity contribution >= 4 is 23.4 Å². The minimum Gasteiger partial charge on any atom is -0.350 e. The Kier molecular flexibility index (Phi) is 9.01. The lowest BCUT2D eigenvalue weighted by atomic mass is 9.83.